The lowest BCUT2D eigenvalue weighted by molar-refractivity contribution is -0.160. The van der Waals surface area contributed by atoms with Gasteiger partial charge in [0.05, 0.1) is 7.11 Å². The van der Waals surface area contributed by atoms with Gasteiger partial charge in [-0.2, -0.15) is 0 Å². The summed E-state index contributed by atoms with van der Waals surface area (Å²) in [5.41, 5.74) is -1.44. The van der Waals surface area contributed by atoms with Crippen molar-refractivity contribution >= 4 is 5.97 Å². The molecule has 0 aliphatic carbocycles. The van der Waals surface area contributed by atoms with Crippen molar-refractivity contribution < 1.29 is 14.6 Å². The SMILES string of the molecule is CCCCC(C)NCC(C)(O)C(=O)OC. The largest absolute Gasteiger partial charge is 0.467 e. The summed E-state index contributed by atoms with van der Waals surface area (Å²) in [6.45, 7) is 5.86. The zero-order valence-corrected chi connectivity index (χ0v) is 10.2. The lowest BCUT2D eigenvalue weighted by Crippen LogP contribution is -2.47. The van der Waals surface area contributed by atoms with Crippen LogP contribution in [-0.4, -0.2) is 36.4 Å². The van der Waals surface area contributed by atoms with Crippen molar-refractivity contribution in [3.63, 3.8) is 0 Å². The van der Waals surface area contributed by atoms with E-state index in [1.807, 2.05) is 6.92 Å². The average Bonchev–Trinajstić information content (AvgIpc) is 2.22. The van der Waals surface area contributed by atoms with E-state index >= 15 is 0 Å². The molecule has 0 aromatic carbocycles. The van der Waals surface area contributed by atoms with Crippen molar-refractivity contribution in [3.05, 3.63) is 0 Å². The molecule has 90 valence electrons. The quantitative estimate of drug-likeness (QED) is 0.626. The number of aliphatic hydroxyl groups is 1. The number of hydrogen-bond donors (Lipinski definition) is 2. The molecule has 0 saturated heterocycles. The molecule has 0 saturated carbocycles. The molecular weight excluding hydrogens is 194 g/mol. The van der Waals surface area contributed by atoms with Crippen molar-refractivity contribution in [2.45, 2.75) is 51.7 Å². The number of hydrogen-bond acceptors (Lipinski definition) is 4. The molecule has 0 amide bonds. The van der Waals surface area contributed by atoms with Crippen LogP contribution in [-0.2, 0) is 9.53 Å². The molecule has 15 heavy (non-hydrogen) atoms. The Labute approximate surface area is 92.0 Å². The van der Waals surface area contributed by atoms with Gasteiger partial charge in [-0.1, -0.05) is 19.8 Å². The number of methoxy groups -OCH3 is 1. The highest BCUT2D eigenvalue weighted by molar-refractivity contribution is 5.78. The minimum Gasteiger partial charge on any atom is -0.467 e. The van der Waals surface area contributed by atoms with E-state index in [-0.39, 0.29) is 6.54 Å². The van der Waals surface area contributed by atoms with Gasteiger partial charge in [-0.15, -0.1) is 0 Å². The van der Waals surface area contributed by atoms with E-state index in [0.29, 0.717) is 6.04 Å². The van der Waals surface area contributed by atoms with Gasteiger partial charge in [-0.3, -0.25) is 0 Å². The van der Waals surface area contributed by atoms with E-state index in [1.165, 1.54) is 14.0 Å². The number of esters is 1. The number of carbonyl (C=O) groups is 1. The normalized spacial score (nSPS) is 16.9. The molecule has 4 heteroatoms. The molecule has 2 atom stereocenters. The number of nitrogens with one attached hydrogen (secondary N) is 1. The van der Waals surface area contributed by atoms with Gasteiger partial charge in [0.15, 0.2) is 5.60 Å². The van der Waals surface area contributed by atoms with Gasteiger partial charge in [0.25, 0.3) is 0 Å². The summed E-state index contributed by atoms with van der Waals surface area (Å²) >= 11 is 0. The zero-order chi connectivity index (χ0) is 11.9. The molecule has 0 aliphatic rings. The minimum absolute atomic E-state index is 0.227. The van der Waals surface area contributed by atoms with Crippen molar-refractivity contribution in [3.8, 4) is 0 Å². The van der Waals surface area contributed by atoms with Crippen LogP contribution in [0, 0.1) is 0 Å². The fourth-order valence-corrected chi connectivity index (χ4v) is 1.28. The summed E-state index contributed by atoms with van der Waals surface area (Å²) in [5.74, 6) is -0.599. The van der Waals surface area contributed by atoms with Gasteiger partial charge >= 0.3 is 5.97 Å². The Hall–Kier alpha value is -0.610. The lowest BCUT2D eigenvalue weighted by atomic mass is 10.1. The van der Waals surface area contributed by atoms with Crippen LogP contribution in [0.15, 0.2) is 0 Å². The monoisotopic (exact) mass is 217 g/mol. The van der Waals surface area contributed by atoms with Gasteiger partial charge < -0.3 is 15.2 Å². The summed E-state index contributed by atoms with van der Waals surface area (Å²) < 4.78 is 4.50. The van der Waals surface area contributed by atoms with Crippen LogP contribution in [0.4, 0.5) is 0 Å². The van der Waals surface area contributed by atoms with Gasteiger partial charge in [-0.25, -0.2) is 4.79 Å². The Kier molecular flexibility index (Phi) is 6.52. The van der Waals surface area contributed by atoms with E-state index in [9.17, 15) is 9.90 Å². The first-order chi connectivity index (χ1) is 6.94. The third kappa shape index (κ3) is 5.74. The number of carbonyl (C=O) groups excluding carboxylic acids is 1. The molecule has 2 N–H and O–H groups in total. The molecule has 0 heterocycles. The van der Waals surface area contributed by atoms with Gasteiger partial charge in [0, 0.05) is 12.6 Å². The van der Waals surface area contributed by atoms with E-state index in [1.54, 1.807) is 0 Å². The second kappa shape index (κ2) is 6.80. The van der Waals surface area contributed by atoms with Crippen LogP contribution in [0.3, 0.4) is 0 Å². The molecule has 0 aromatic heterocycles. The van der Waals surface area contributed by atoms with Crippen LogP contribution in [0.1, 0.15) is 40.0 Å². The van der Waals surface area contributed by atoms with E-state index in [0.717, 1.165) is 19.3 Å². The summed E-state index contributed by atoms with van der Waals surface area (Å²) in [7, 11) is 1.28. The standard InChI is InChI=1S/C11H23NO3/c1-5-6-7-9(2)12-8-11(3,14)10(13)15-4/h9,12,14H,5-8H2,1-4H3. The van der Waals surface area contributed by atoms with E-state index in [4.69, 9.17) is 0 Å². The van der Waals surface area contributed by atoms with Crippen LogP contribution in [0.5, 0.6) is 0 Å². The van der Waals surface area contributed by atoms with Crippen molar-refractivity contribution in [1.82, 2.24) is 5.32 Å². The summed E-state index contributed by atoms with van der Waals surface area (Å²) in [6, 6.07) is 0.307. The third-order valence-corrected chi connectivity index (χ3v) is 2.41. The fourth-order valence-electron chi connectivity index (χ4n) is 1.28. The Balaban J connectivity index is 3.87. The minimum atomic E-state index is -1.44. The highest BCUT2D eigenvalue weighted by atomic mass is 16.5. The smallest absolute Gasteiger partial charge is 0.338 e. The molecule has 4 nitrogen and oxygen atoms in total. The van der Waals surface area contributed by atoms with Gasteiger partial charge in [0.1, 0.15) is 0 Å². The lowest BCUT2D eigenvalue weighted by Gasteiger charge is -2.23. The Morgan fingerprint density at radius 2 is 2.20 bits per heavy atom. The highest BCUT2D eigenvalue weighted by Gasteiger charge is 2.31. The van der Waals surface area contributed by atoms with Crippen LogP contribution < -0.4 is 5.32 Å². The summed E-state index contributed by atoms with van der Waals surface area (Å²) in [5, 5.41) is 12.8. The molecule has 0 aromatic rings. The van der Waals surface area contributed by atoms with Crippen LogP contribution in [0.25, 0.3) is 0 Å². The maximum absolute atomic E-state index is 11.1. The van der Waals surface area contributed by atoms with E-state index < -0.39 is 11.6 Å². The molecule has 0 bridgehead atoms. The second-order valence-electron chi connectivity index (χ2n) is 4.19. The maximum Gasteiger partial charge on any atom is 0.338 e. The Morgan fingerprint density at radius 1 is 1.60 bits per heavy atom. The Bertz CT molecular complexity index is 192. The van der Waals surface area contributed by atoms with Crippen molar-refractivity contribution in [1.29, 1.82) is 0 Å². The number of ether oxygens (including phenoxy) is 1. The van der Waals surface area contributed by atoms with Gasteiger partial charge in [0.2, 0.25) is 0 Å². The zero-order valence-electron chi connectivity index (χ0n) is 10.2. The van der Waals surface area contributed by atoms with Crippen molar-refractivity contribution in [2.75, 3.05) is 13.7 Å². The first-order valence-electron chi connectivity index (χ1n) is 5.48. The average molecular weight is 217 g/mol. The van der Waals surface area contributed by atoms with Crippen molar-refractivity contribution in [2.24, 2.45) is 0 Å². The van der Waals surface area contributed by atoms with Crippen LogP contribution >= 0.6 is 0 Å². The third-order valence-electron chi connectivity index (χ3n) is 2.41. The highest BCUT2D eigenvalue weighted by Crippen LogP contribution is 2.06. The first-order valence-corrected chi connectivity index (χ1v) is 5.48. The van der Waals surface area contributed by atoms with Crippen LogP contribution in [0.2, 0.25) is 0 Å². The van der Waals surface area contributed by atoms with E-state index in [2.05, 4.69) is 17.0 Å². The molecule has 0 spiro atoms. The fraction of sp³-hybridized carbons (Fsp3) is 0.909. The molecular formula is C11H23NO3. The molecule has 0 fully saturated rings. The molecule has 0 radical (unpaired) electrons. The Morgan fingerprint density at radius 3 is 2.67 bits per heavy atom. The molecule has 0 rings (SSSR count). The predicted molar refractivity (Wildman–Crippen MR) is 59.6 cm³/mol. The molecule has 0 aliphatic heterocycles. The molecule has 2 unspecified atom stereocenters. The summed E-state index contributed by atoms with van der Waals surface area (Å²) in [6.07, 6.45) is 3.35. The second-order valence-corrected chi connectivity index (χ2v) is 4.19. The maximum atomic E-state index is 11.1. The first kappa shape index (κ1) is 14.4. The summed E-state index contributed by atoms with van der Waals surface area (Å²) in [4.78, 5) is 11.1. The topological polar surface area (TPSA) is 58.6 Å². The predicted octanol–water partition coefficient (Wildman–Crippen LogP) is 1.08. The van der Waals surface area contributed by atoms with Gasteiger partial charge in [-0.05, 0) is 20.3 Å². The number of rotatable bonds is 7. The number of unbranched alkanes of at least 4 members (excludes halogenated alkanes) is 1.